The highest BCUT2D eigenvalue weighted by atomic mass is 32.1. The maximum atomic E-state index is 13.4. The molecule has 0 bridgehead atoms. The van der Waals surface area contributed by atoms with Crippen molar-refractivity contribution < 1.29 is 22.9 Å². The number of ketones is 1. The second kappa shape index (κ2) is 7.99. The maximum Gasteiger partial charge on any atom is 0.416 e. The topological polar surface area (TPSA) is 113 Å². The van der Waals surface area contributed by atoms with Crippen molar-refractivity contribution in [1.29, 1.82) is 5.26 Å². The molecule has 1 aromatic carbocycles. The first-order valence-electron chi connectivity index (χ1n) is 10.2. The maximum absolute atomic E-state index is 13.4. The van der Waals surface area contributed by atoms with E-state index in [0.717, 1.165) is 23.5 Å². The molecular formula is C23H19F3N4O3S. The smallest absolute Gasteiger partial charge is 0.384 e. The van der Waals surface area contributed by atoms with Crippen molar-refractivity contribution in [3.8, 4) is 6.07 Å². The molecule has 1 aromatic heterocycles. The molecule has 2 heterocycles. The van der Waals surface area contributed by atoms with Crippen LogP contribution in [0.5, 0.6) is 0 Å². The number of carbonyl (C=O) groups is 1. The fourth-order valence-electron chi connectivity index (χ4n) is 4.48. The summed E-state index contributed by atoms with van der Waals surface area (Å²) in [5.74, 6) is -1.13. The molecule has 176 valence electrons. The summed E-state index contributed by atoms with van der Waals surface area (Å²) in [5, 5.41) is 21.1. The van der Waals surface area contributed by atoms with Gasteiger partial charge in [-0.05, 0) is 42.2 Å². The summed E-state index contributed by atoms with van der Waals surface area (Å²) in [5.41, 5.74) is 6.19. The summed E-state index contributed by atoms with van der Waals surface area (Å²) in [6.07, 6.45) is -3.96. The fraction of sp³-hybridized carbons (Fsp3) is 0.304. The minimum Gasteiger partial charge on any atom is -0.384 e. The van der Waals surface area contributed by atoms with E-state index >= 15 is 0 Å². The van der Waals surface area contributed by atoms with Gasteiger partial charge in [0.1, 0.15) is 5.82 Å². The Balaban J connectivity index is 1.94. The molecule has 4 rings (SSSR count). The van der Waals surface area contributed by atoms with Crippen LogP contribution in [0.25, 0.3) is 0 Å². The second-order valence-corrected chi connectivity index (χ2v) is 10.1. The molecule has 1 aliphatic carbocycles. The molecule has 0 unspecified atom stereocenters. The molecule has 0 fully saturated rings. The van der Waals surface area contributed by atoms with E-state index < -0.39 is 28.0 Å². The molecule has 0 saturated heterocycles. The van der Waals surface area contributed by atoms with Crippen molar-refractivity contribution in [2.45, 2.75) is 38.8 Å². The van der Waals surface area contributed by atoms with E-state index in [9.17, 15) is 33.3 Å². The monoisotopic (exact) mass is 488 g/mol. The Morgan fingerprint density at radius 2 is 1.85 bits per heavy atom. The molecule has 0 radical (unpaired) electrons. The van der Waals surface area contributed by atoms with E-state index in [1.807, 2.05) is 19.9 Å². The lowest BCUT2D eigenvalue weighted by atomic mass is 9.69. The van der Waals surface area contributed by atoms with Gasteiger partial charge in [-0.1, -0.05) is 25.2 Å². The van der Waals surface area contributed by atoms with E-state index in [0.29, 0.717) is 22.6 Å². The van der Waals surface area contributed by atoms with Crippen molar-refractivity contribution in [2.24, 2.45) is 11.1 Å². The number of nitro groups is 1. The van der Waals surface area contributed by atoms with E-state index in [2.05, 4.69) is 0 Å². The predicted molar refractivity (Wildman–Crippen MR) is 120 cm³/mol. The molecule has 11 heteroatoms. The molecule has 2 aliphatic rings. The Hall–Kier alpha value is -3.65. The van der Waals surface area contributed by atoms with Crippen LogP contribution in [0.1, 0.15) is 43.0 Å². The summed E-state index contributed by atoms with van der Waals surface area (Å²) in [7, 11) is 0. The van der Waals surface area contributed by atoms with Gasteiger partial charge in [0.05, 0.1) is 28.0 Å². The quantitative estimate of drug-likeness (QED) is 0.443. The number of rotatable bonds is 3. The van der Waals surface area contributed by atoms with Gasteiger partial charge in [-0.3, -0.25) is 19.8 Å². The molecular weight excluding hydrogens is 469 g/mol. The number of hydrogen-bond donors (Lipinski definition) is 1. The third-order valence-electron chi connectivity index (χ3n) is 5.91. The summed E-state index contributed by atoms with van der Waals surface area (Å²) >= 11 is 0.858. The lowest BCUT2D eigenvalue weighted by molar-refractivity contribution is -0.380. The number of alkyl halides is 3. The predicted octanol–water partition coefficient (Wildman–Crippen LogP) is 5.62. The van der Waals surface area contributed by atoms with Gasteiger partial charge >= 0.3 is 11.2 Å². The van der Waals surface area contributed by atoms with Crippen LogP contribution in [0, 0.1) is 26.9 Å². The number of nitriles is 1. The molecule has 0 amide bonds. The van der Waals surface area contributed by atoms with Crippen molar-refractivity contribution in [2.75, 3.05) is 4.90 Å². The first-order valence-corrected chi connectivity index (χ1v) is 11.0. The number of benzene rings is 1. The van der Waals surface area contributed by atoms with Crippen LogP contribution >= 0.6 is 11.3 Å². The molecule has 0 saturated carbocycles. The Morgan fingerprint density at radius 3 is 2.38 bits per heavy atom. The zero-order chi connectivity index (χ0) is 25.0. The highest BCUT2D eigenvalue weighted by Gasteiger charge is 2.45. The number of allylic oxidation sites excluding steroid dienone is 3. The van der Waals surface area contributed by atoms with Gasteiger partial charge in [0.15, 0.2) is 5.78 Å². The average molecular weight is 488 g/mol. The zero-order valence-electron chi connectivity index (χ0n) is 18.1. The summed E-state index contributed by atoms with van der Waals surface area (Å²) in [6.45, 7) is 3.79. The van der Waals surface area contributed by atoms with Crippen LogP contribution in [0.15, 0.2) is 59.1 Å². The SMILES string of the molecule is CC1(C)CC(=O)C2=C(C1)N(c1ccc(C(F)(F)F)cc1)C(N)=C(C#N)[C@@H]2c1ccc([N+](=O)[O-])s1. The van der Waals surface area contributed by atoms with E-state index in [1.165, 1.54) is 29.2 Å². The molecule has 0 spiro atoms. The van der Waals surface area contributed by atoms with E-state index in [4.69, 9.17) is 5.73 Å². The molecule has 7 nitrogen and oxygen atoms in total. The Kier molecular flexibility index (Phi) is 5.52. The summed E-state index contributed by atoms with van der Waals surface area (Å²) < 4.78 is 39.2. The highest BCUT2D eigenvalue weighted by Crippen LogP contribution is 2.51. The number of nitrogens with two attached hydrogens (primary N) is 1. The first-order chi connectivity index (χ1) is 15.8. The second-order valence-electron chi connectivity index (χ2n) is 8.96. The number of carbonyl (C=O) groups excluding carboxylic acids is 1. The van der Waals surface area contributed by atoms with Gasteiger partial charge in [0.25, 0.3) is 0 Å². The fourth-order valence-corrected chi connectivity index (χ4v) is 5.42. The molecule has 2 N–H and O–H groups in total. The molecule has 1 atom stereocenters. The Labute approximate surface area is 196 Å². The van der Waals surface area contributed by atoms with Gasteiger partial charge in [-0.2, -0.15) is 18.4 Å². The normalized spacial score (nSPS) is 20.3. The zero-order valence-corrected chi connectivity index (χ0v) is 19.0. The first kappa shape index (κ1) is 23.5. The third-order valence-corrected chi connectivity index (χ3v) is 7.01. The number of hydrogen-bond acceptors (Lipinski definition) is 7. The van der Waals surface area contributed by atoms with Crippen molar-refractivity contribution >= 4 is 27.8 Å². The average Bonchev–Trinajstić information content (AvgIpc) is 3.22. The van der Waals surface area contributed by atoms with Gasteiger partial charge in [-0.15, -0.1) is 0 Å². The highest BCUT2D eigenvalue weighted by molar-refractivity contribution is 7.15. The minimum atomic E-state index is -4.52. The number of anilines is 1. The van der Waals surface area contributed by atoms with Crippen LogP contribution in [0.4, 0.5) is 23.9 Å². The number of halogens is 3. The third kappa shape index (κ3) is 3.94. The standard InChI is InChI=1S/C23H19F3N4O3S/c1-22(2)9-15-20(16(31)10-22)19(17-7-8-18(34-17)30(32)33)14(11-27)21(28)29(15)13-5-3-12(4-6-13)23(24,25)26/h3-8,19H,9-10,28H2,1-2H3/t19-/m1/s1. The van der Waals surface area contributed by atoms with Crippen LogP contribution in [0.2, 0.25) is 0 Å². The van der Waals surface area contributed by atoms with Crippen molar-refractivity contribution in [1.82, 2.24) is 0 Å². The van der Waals surface area contributed by atoms with Crippen LogP contribution in [-0.4, -0.2) is 10.7 Å². The number of nitrogens with zero attached hydrogens (tertiary/aromatic N) is 3. The lowest BCUT2D eigenvalue weighted by Gasteiger charge is -2.43. The largest absolute Gasteiger partial charge is 0.416 e. The van der Waals surface area contributed by atoms with E-state index in [-0.39, 0.29) is 34.3 Å². The van der Waals surface area contributed by atoms with Gasteiger partial charge in [0.2, 0.25) is 0 Å². The van der Waals surface area contributed by atoms with Crippen LogP contribution in [-0.2, 0) is 11.0 Å². The Morgan fingerprint density at radius 1 is 1.21 bits per heavy atom. The molecule has 1 aliphatic heterocycles. The summed E-state index contributed by atoms with van der Waals surface area (Å²) in [4.78, 5) is 25.9. The minimum absolute atomic E-state index is 0.0171. The number of Topliss-reactive ketones (excluding diaryl/α,β-unsaturated/α-hetero) is 1. The van der Waals surface area contributed by atoms with Crippen molar-refractivity contribution in [3.63, 3.8) is 0 Å². The van der Waals surface area contributed by atoms with Crippen LogP contribution in [0.3, 0.4) is 0 Å². The molecule has 34 heavy (non-hydrogen) atoms. The van der Waals surface area contributed by atoms with Gasteiger partial charge < -0.3 is 5.73 Å². The van der Waals surface area contributed by atoms with Gasteiger partial charge in [-0.25, -0.2) is 0 Å². The lowest BCUT2D eigenvalue weighted by Crippen LogP contribution is -2.42. The molecule has 2 aromatic rings. The summed E-state index contributed by atoms with van der Waals surface area (Å²) in [6, 6.07) is 9.18. The Bertz CT molecular complexity index is 1300. The van der Waals surface area contributed by atoms with Crippen LogP contribution < -0.4 is 10.6 Å². The van der Waals surface area contributed by atoms with Gasteiger partial charge in [0, 0.05) is 34.3 Å². The number of thiophene rings is 1. The van der Waals surface area contributed by atoms with E-state index in [1.54, 1.807) is 0 Å². The van der Waals surface area contributed by atoms with Crippen molar-refractivity contribution in [3.05, 3.63) is 79.6 Å².